The van der Waals surface area contributed by atoms with Crippen LogP contribution in [0.3, 0.4) is 0 Å². The highest BCUT2D eigenvalue weighted by atomic mass is 16.6. The summed E-state index contributed by atoms with van der Waals surface area (Å²) in [6, 6.07) is 22.9. The van der Waals surface area contributed by atoms with Gasteiger partial charge in [-0.1, -0.05) is 72.8 Å². The van der Waals surface area contributed by atoms with Crippen molar-refractivity contribution in [1.82, 2.24) is 15.5 Å². The number of allylic oxidation sites excluding steroid dienone is 2. The second-order valence-corrected chi connectivity index (χ2v) is 15.7. The van der Waals surface area contributed by atoms with Crippen LogP contribution in [-0.2, 0) is 26.5 Å². The maximum atomic E-state index is 13.8. The number of hydrogen-bond donors (Lipinski definition) is 3. The number of ether oxygens (including phenoxy) is 3. The van der Waals surface area contributed by atoms with Crippen LogP contribution >= 0.6 is 0 Å². The number of nitrogens with zero attached hydrogens (tertiary/aromatic N) is 1. The number of benzene rings is 3. The van der Waals surface area contributed by atoms with Crippen LogP contribution in [0.25, 0.3) is 0 Å². The average Bonchev–Trinajstić information content (AvgIpc) is 3.15. The Kier molecular flexibility index (Phi) is 12.6. The lowest BCUT2D eigenvalue weighted by atomic mass is 9.86. The van der Waals surface area contributed by atoms with E-state index in [-0.39, 0.29) is 37.1 Å². The summed E-state index contributed by atoms with van der Waals surface area (Å²) in [6.07, 6.45) is 11.7. The fourth-order valence-electron chi connectivity index (χ4n) is 7.06. The maximum absolute atomic E-state index is 13.8. The first-order valence-electron chi connectivity index (χ1n) is 19.1. The Morgan fingerprint density at radius 3 is 2.24 bits per heavy atom. The van der Waals surface area contributed by atoms with Gasteiger partial charge in [-0.2, -0.15) is 0 Å². The number of aliphatic hydroxyl groups is 1. The number of rotatable bonds is 13. The molecule has 0 unspecified atom stereocenters. The molecule has 1 atom stereocenters. The van der Waals surface area contributed by atoms with Gasteiger partial charge in [0.1, 0.15) is 18.0 Å². The fraction of sp³-hybridized carbons (Fsp3) is 0.432. The third-order valence-corrected chi connectivity index (χ3v) is 10.2. The van der Waals surface area contributed by atoms with E-state index in [4.69, 9.17) is 14.2 Å². The molecule has 1 aliphatic heterocycles. The molecule has 10 heteroatoms. The molecule has 0 bridgehead atoms. The van der Waals surface area contributed by atoms with E-state index in [1.54, 1.807) is 60.7 Å². The molecule has 0 aromatic heterocycles. The summed E-state index contributed by atoms with van der Waals surface area (Å²) in [5.74, 6) is -0.187. The van der Waals surface area contributed by atoms with E-state index in [0.717, 1.165) is 50.9 Å². The van der Waals surface area contributed by atoms with Gasteiger partial charge in [0.2, 0.25) is 5.60 Å². The summed E-state index contributed by atoms with van der Waals surface area (Å²) >= 11 is 0. The van der Waals surface area contributed by atoms with Crippen LogP contribution < -0.4 is 15.4 Å². The molecule has 1 saturated carbocycles. The van der Waals surface area contributed by atoms with Gasteiger partial charge < -0.3 is 30.0 Å². The van der Waals surface area contributed by atoms with Crippen molar-refractivity contribution in [1.29, 1.82) is 0 Å². The van der Waals surface area contributed by atoms with Crippen molar-refractivity contribution in [3.63, 3.8) is 0 Å². The third kappa shape index (κ3) is 10.4. The molecule has 0 spiro atoms. The maximum Gasteiger partial charge on any atom is 0.407 e. The Morgan fingerprint density at radius 1 is 0.852 bits per heavy atom. The molecule has 286 valence electrons. The van der Waals surface area contributed by atoms with E-state index in [1.165, 1.54) is 5.57 Å². The standard InChI is InChI=1S/C44H53N3O7/c1-43(2,3)54-42(50)46-38-26-37(27-38)45-40(48)34-19-17-32(18-20-34)29-52-39-16-10-15-36(25-39)44(51,35-13-8-5-9-14-35)41(49)53-30-33-21-23-47(24-22-33)28-31-11-6-4-7-12-31/h5-6,8-20,25,33,37-38,51H,4,7,21-24,26-30H2,1-3H3,(H,45,48)(H,46,50)/t37?,38?,44-/m0/s1. The van der Waals surface area contributed by atoms with Crippen LogP contribution in [0.2, 0.25) is 0 Å². The Balaban J connectivity index is 1.01. The van der Waals surface area contributed by atoms with Gasteiger partial charge >= 0.3 is 12.1 Å². The highest BCUT2D eigenvalue weighted by Gasteiger charge is 2.42. The number of piperidine rings is 1. The first kappa shape index (κ1) is 38.8. The Bertz CT molecular complexity index is 1800. The lowest BCUT2D eigenvalue weighted by Gasteiger charge is -2.36. The number of esters is 1. The number of alkyl carbamates (subject to hydrolysis) is 1. The van der Waals surface area contributed by atoms with Crippen molar-refractivity contribution >= 4 is 18.0 Å². The summed E-state index contributed by atoms with van der Waals surface area (Å²) in [5.41, 5.74) is 0.929. The van der Waals surface area contributed by atoms with Gasteiger partial charge in [0.15, 0.2) is 0 Å². The second kappa shape index (κ2) is 17.5. The number of carbonyl (C=O) groups is 3. The molecule has 2 amide bonds. The van der Waals surface area contributed by atoms with Crippen LogP contribution in [0.1, 0.15) is 86.3 Å². The molecule has 0 radical (unpaired) electrons. The van der Waals surface area contributed by atoms with E-state index in [2.05, 4.69) is 33.8 Å². The molecule has 3 aromatic carbocycles. The molecule has 3 N–H and O–H groups in total. The van der Waals surface area contributed by atoms with Crippen LogP contribution in [0, 0.1) is 5.92 Å². The van der Waals surface area contributed by atoms with Crippen molar-refractivity contribution in [2.24, 2.45) is 5.92 Å². The topological polar surface area (TPSA) is 126 Å². The van der Waals surface area contributed by atoms with Crippen molar-refractivity contribution in [3.8, 4) is 5.75 Å². The average molecular weight is 736 g/mol. The van der Waals surface area contributed by atoms with Crippen molar-refractivity contribution in [3.05, 3.63) is 125 Å². The molecule has 2 fully saturated rings. The predicted molar refractivity (Wildman–Crippen MR) is 207 cm³/mol. The SMILES string of the molecule is CC(C)(C)OC(=O)NC1CC(NC(=O)c2ccc(COc3cccc([C@](O)(C(=O)OCC4CCN(CC5=CCCC=C5)CC4)c4ccccc4)c3)cc2)C1. The molecule has 1 heterocycles. The minimum absolute atomic E-state index is 0.0234. The zero-order valence-electron chi connectivity index (χ0n) is 31.6. The summed E-state index contributed by atoms with van der Waals surface area (Å²) in [6.45, 7) is 8.77. The fourth-order valence-corrected chi connectivity index (χ4v) is 7.06. The van der Waals surface area contributed by atoms with Gasteiger partial charge in [0.05, 0.1) is 6.61 Å². The summed E-state index contributed by atoms with van der Waals surface area (Å²) in [4.78, 5) is 41.1. The first-order chi connectivity index (χ1) is 25.9. The quantitative estimate of drug-likeness (QED) is 0.164. The summed E-state index contributed by atoms with van der Waals surface area (Å²) in [7, 11) is 0. The van der Waals surface area contributed by atoms with Crippen molar-refractivity contribution < 1.29 is 33.7 Å². The van der Waals surface area contributed by atoms with Gasteiger partial charge in [0, 0.05) is 29.8 Å². The van der Waals surface area contributed by atoms with Crippen molar-refractivity contribution in [2.75, 3.05) is 26.2 Å². The zero-order valence-corrected chi connectivity index (χ0v) is 31.6. The Hall–Kier alpha value is -4.93. The smallest absolute Gasteiger partial charge is 0.407 e. The van der Waals surface area contributed by atoms with Gasteiger partial charge in [-0.05, 0) is 119 Å². The monoisotopic (exact) mass is 735 g/mol. The molecule has 2 aliphatic carbocycles. The molecular formula is C44H53N3O7. The molecule has 1 saturated heterocycles. The van der Waals surface area contributed by atoms with Crippen molar-refractivity contribution in [2.45, 2.75) is 89.2 Å². The molecule has 3 aliphatic rings. The molecule has 3 aromatic rings. The molecule has 54 heavy (non-hydrogen) atoms. The van der Waals surface area contributed by atoms with Gasteiger partial charge in [-0.3, -0.25) is 9.69 Å². The summed E-state index contributed by atoms with van der Waals surface area (Å²) in [5, 5.41) is 18.0. The largest absolute Gasteiger partial charge is 0.489 e. The van der Waals surface area contributed by atoms with Crippen LogP contribution in [0.15, 0.2) is 103 Å². The number of likely N-dealkylation sites (tertiary alicyclic amines) is 1. The lowest BCUT2D eigenvalue weighted by molar-refractivity contribution is -0.164. The molecule has 10 nitrogen and oxygen atoms in total. The van der Waals surface area contributed by atoms with Gasteiger partial charge in [-0.15, -0.1) is 0 Å². The van der Waals surface area contributed by atoms with E-state index in [9.17, 15) is 19.5 Å². The second-order valence-electron chi connectivity index (χ2n) is 15.7. The van der Waals surface area contributed by atoms with Gasteiger partial charge in [-0.25, -0.2) is 9.59 Å². The van der Waals surface area contributed by atoms with Crippen LogP contribution in [-0.4, -0.2) is 71.9 Å². The predicted octanol–water partition coefficient (Wildman–Crippen LogP) is 6.82. The van der Waals surface area contributed by atoms with E-state index >= 15 is 0 Å². The minimum Gasteiger partial charge on any atom is -0.489 e. The molecular weight excluding hydrogens is 682 g/mol. The Morgan fingerprint density at radius 2 is 1.56 bits per heavy atom. The van der Waals surface area contributed by atoms with E-state index in [1.807, 2.05) is 39.0 Å². The van der Waals surface area contributed by atoms with E-state index in [0.29, 0.717) is 35.3 Å². The van der Waals surface area contributed by atoms with Gasteiger partial charge in [0.25, 0.3) is 5.91 Å². The minimum atomic E-state index is -2.03. The zero-order chi connectivity index (χ0) is 38.1. The van der Waals surface area contributed by atoms with Crippen LogP contribution in [0.5, 0.6) is 5.75 Å². The van der Waals surface area contributed by atoms with Crippen LogP contribution in [0.4, 0.5) is 4.79 Å². The lowest BCUT2D eigenvalue weighted by Crippen LogP contribution is -2.54. The third-order valence-electron chi connectivity index (χ3n) is 10.2. The highest BCUT2D eigenvalue weighted by molar-refractivity contribution is 5.94. The Labute approximate surface area is 318 Å². The summed E-state index contributed by atoms with van der Waals surface area (Å²) < 4.78 is 17.3. The molecule has 6 rings (SSSR count). The highest BCUT2D eigenvalue weighted by Crippen LogP contribution is 2.34. The number of amides is 2. The normalized spacial score (nSPS) is 20.1. The number of carbonyl (C=O) groups excluding carboxylic acids is 3. The number of hydrogen-bond acceptors (Lipinski definition) is 8. The first-order valence-corrected chi connectivity index (χ1v) is 19.1. The van der Waals surface area contributed by atoms with E-state index < -0.39 is 23.3 Å². The number of nitrogens with one attached hydrogen (secondary N) is 2.